The average Bonchev–Trinajstić information content (AvgIpc) is 1.65. The summed E-state index contributed by atoms with van der Waals surface area (Å²) in [5.41, 5.74) is 0. The molecule has 1 unspecified atom stereocenters. The molecule has 6 heavy (non-hydrogen) atoms. The highest BCUT2D eigenvalue weighted by atomic mass is 16.1. The summed E-state index contributed by atoms with van der Waals surface area (Å²) < 4.78 is 6.93. The Balaban J connectivity index is 3.34. The molecule has 0 amide bonds. The van der Waals surface area contributed by atoms with Crippen LogP contribution in [0, 0.1) is 0 Å². The van der Waals surface area contributed by atoms with Crippen LogP contribution >= 0.6 is 0 Å². The van der Waals surface area contributed by atoms with Gasteiger partial charge in [0, 0.05) is 7.77 Å². The van der Waals surface area contributed by atoms with E-state index in [1.54, 1.807) is 0 Å². The molecule has 0 fully saturated rings. The van der Waals surface area contributed by atoms with Crippen LogP contribution in [0.15, 0.2) is 0 Å². The fourth-order valence-electron chi connectivity index (χ4n) is 0.287. The highest BCUT2D eigenvalue weighted by molar-refractivity contribution is 5.75. The number of ketones is 1. The van der Waals surface area contributed by atoms with E-state index in [1.165, 1.54) is 6.92 Å². The van der Waals surface area contributed by atoms with Gasteiger partial charge >= 0.3 is 0 Å². The lowest BCUT2D eigenvalue weighted by atomic mass is 10.3. The van der Waals surface area contributed by atoms with Gasteiger partial charge in [-0.1, -0.05) is 6.92 Å². The van der Waals surface area contributed by atoms with Crippen molar-refractivity contribution in [3.63, 3.8) is 0 Å². The van der Waals surface area contributed by atoms with Crippen molar-refractivity contribution in [1.82, 2.24) is 0 Å². The SMILES string of the molecule is [2H]C(CC)C(C)=O. The highest BCUT2D eigenvalue weighted by Gasteiger charge is 1.83. The van der Waals surface area contributed by atoms with E-state index in [0.29, 0.717) is 6.42 Å². The van der Waals surface area contributed by atoms with Gasteiger partial charge in [0.25, 0.3) is 0 Å². The Morgan fingerprint density at radius 1 is 2.00 bits per heavy atom. The maximum atomic E-state index is 10.2. The predicted molar refractivity (Wildman–Crippen MR) is 25.6 cm³/mol. The average molecular weight is 87.1 g/mol. The molecule has 0 aliphatic carbocycles. The van der Waals surface area contributed by atoms with Gasteiger partial charge in [0.1, 0.15) is 5.78 Å². The third kappa shape index (κ3) is 3.67. The van der Waals surface area contributed by atoms with Crippen molar-refractivity contribution in [2.75, 3.05) is 0 Å². The number of hydrogen-bond acceptors (Lipinski definition) is 1. The van der Waals surface area contributed by atoms with E-state index in [1.807, 2.05) is 6.92 Å². The lowest BCUT2D eigenvalue weighted by molar-refractivity contribution is -0.117. The Morgan fingerprint density at radius 3 is 2.50 bits per heavy atom. The number of carbonyl (C=O) groups excluding carboxylic acids is 1. The molecule has 0 heterocycles. The zero-order valence-electron chi connectivity index (χ0n) is 5.19. The topological polar surface area (TPSA) is 17.1 Å². The Morgan fingerprint density at radius 2 is 2.50 bits per heavy atom. The zero-order valence-corrected chi connectivity index (χ0v) is 4.19. The zero-order chi connectivity index (χ0) is 5.86. The molecule has 0 spiro atoms. The Kier molecular flexibility index (Phi) is 1.85. The number of Topliss-reactive ketones (excluding diaryl/α,β-unsaturated/α-hetero) is 1. The molecular weight excluding hydrogens is 76.1 g/mol. The molecule has 1 heteroatoms. The van der Waals surface area contributed by atoms with Crippen molar-refractivity contribution in [3.05, 3.63) is 0 Å². The van der Waals surface area contributed by atoms with Gasteiger partial charge in [-0.3, -0.25) is 0 Å². The van der Waals surface area contributed by atoms with Crippen LogP contribution in [0.2, 0.25) is 0 Å². The van der Waals surface area contributed by atoms with Gasteiger partial charge in [-0.05, 0) is 13.3 Å². The normalized spacial score (nSPS) is 16.0. The quantitative estimate of drug-likeness (QED) is 0.497. The van der Waals surface area contributed by atoms with Crippen molar-refractivity contribution >= 4 is 5.78 Å². The molecule has 0 saturated heterocycles. The van der Waals surface area contributed by atoms with Crippen molar-refractivity contribution in [2.24, 2.45) is 0 Å². The summed E-state index contributed by atoms with van der Waals surface area (Å²) in [5, 5.41) is 0. The van der Waals surface area contributed by atoms with E-state index in [2.05, 4.69) is 0 Å². The van der Waals surface area contributed by atoms with Crippen molar-refractivity contribution < 1.29 is 6.17 Å². The second-order valence-electron chi connectivity index (χ2n) is 1.22. The smallest absolute Gasteiger partial charge is 0.129 e. The van der Waals surface area contributed by atoms with E-state index in [4.69, 9.17) is 1.37 Å². The molecule has 0 rings (SSSR count). The molecule has 0 bridgehead atoms. The van der Waals surface area contributed by atoms with Gasteiger partial charge in [0.15, 0.2) is 0 Å². The molecule has 0 aromatic rings. The molecule has 0 aromatic heterocycles. The summed E-state index contributed by atoms with van der Waals surface area (Å²) in [6.07, 6.45) is 0.148. The standard InChI is InChI=1S/C5H10O/c1-3-4-5(2)6/h3-4H2,1-2H3/i4D. The van der Waals surface area contributed by atoms with Crippen LogP contribution in [0.5, 0.6) is 0 Å². The summed E-state index contributed by atoms with van der Waals surface area (Å²) in [6.45, 7) is 3.28. The van der Waals surface area contributed by atoms with E-state index < -0.39 is 6.40 Å². The first-order valence-electron chi connectivity index (χ1n) is 2.69. The first kappa shape index (κ1) is 3.85. The first-order chi connectivity index (χ1) is 3.18. The molecule has 1 nitrogen and oxygen atoms in total. The van der Waals surface area contributed by atoms with Gasteiger partial charge < -0.3 is 4.79 Å². The summed E-state index contributed by atoms with van der Waals surface area (Å²) in [6, 6.07) is 0. The highest BCUT2D eigenvalue weighted by Crippen LogP contribution is 1.84. The molecular formula is C5H10O. The molecule has 0 aliphatic rings. The molecule has 36 valence electrons. The van der Waals surface area contributed by atoms with Crippen LogP contribution in [-0.4, -0.2) is 5.78 Å². The van der Waals surface area contributed by atoms with Gasteiger partial charge in [-0.2, -0.15) is 0 Å². The fraction of sp³-hybridized carbons (Fsp3) is 0.800. The van der Waals surface area contributed by atoms with Crippen LogP contribution in [0.3, 0.4) is 0 Å². The summed E-state index contributed by atoms with van der Waals surface area (Å²) in [7, 11) is 0. The summed E-state index contributed by atoms with van der Waals surface area (Å²) >= 11 is 0. The van der Waals surface area contributed by atoms with Gasteiger partial charge in [-0.15, -0.1) is 0 Å². The van der Waals surface area contributed by atoms with Crippen molar-refractivity contribution in [3.8, 4) is 0 Å². The first-order valence-corrected chi connectivity index (χ1v) is 2.11. The molecule has 0 aromatic carbocycles. The van der Waals surface area contributed by atoms with Gasteiger partial charge in [0.2, 0.25) is 0 Å². The molecule has 0 N–H and O–H groups in total. The molecule has 0 saturated carbocycles. The minimum atomic E-state index is -0.486. The number of carbonyl (C=O) groups is 1. The van der Waals surface area contributed by atoms with E-state index in [-0.39, 0.29) is 5.78 Å². The summed E-state index contributed by atoms with van der Waals surface area (Å²) in [5.74, 6) is -0.0394. The van der Waals surface area contributed by atoms with Crippen LogP contribution < -0.4 is 0 Å². The minimum Gasteiger partial charge on any atom is -0.300 e. The van der Waals surface area contributed by atoms with Crippen LogP contribution in [-0.2, 0) is 4.79 Å². The molecule has 0 radical (unpaired) electrons. The number of rotatable bonds is 2. The lowest BCUT2D eigenvalue weighted by Gasteiger charge is -1.80. The minimum absolute atomic E-state index is 0.0394. The lowest BCUT2D eigenvalue weighted by Crippen LogP contribution is -1.84. The van der Waals surface area contributed by atoms with Gasteiger partial charge in [0.05, 0.1) is 0 Å². The third-order valence-corrected chi connectivity index (χ3v) is 0.492. The molecule has 0 aliphatic heterocycles. The van der Waals surface area contributed by atoms with Crippen molar-refractivity contribution in [1.29, 1.82) is 0 Å². The monoisotopic (exact) mass is 87.1 g/mol. The van der Waals surface area contributed by atoms with Crippen LogP contribution in [0.1, 0.15) is 28.0 Å². The van der Waals surface area contributed by atoms with Crippen molar-refractivity contribution in [2.45, 2.75) is 26.7 Å². The van der Waals surface area contributed by atoms with Crippen LogP contribution in [0.4, 0.5) is 0 Å². The second kappa shape index (κ2) is 2.88. The van der Waals surface area contributed by atoms with Gasteiger partial charge in [-0.25, -0.2) is 0 Å². The molecule has 1 atom stereocenters. The Labute approximate surface area is 39.8 Å². The summed E-state index contributed by atoms with van der Waals surface area (Å²) in [4.78, 5) is 10.2. The predicted octanol–water partition coefficient (Wildman–Crippen LogP) is 1.38. The third-order valence-electron chi connectivity index (χ3n) is 0.492. The maximum absolute atomic E-state index is 10.2. The number of hydrogen-bond donors (Lipinski definition) is 0. The van der Waals surface area contributed by atoms with E-state index in [0.717, 1.165) is 0 Å². The largest absolute Gasteiger partial charge is 0.300 e. The van der Waals surface area contributed by atoms with E-state index >= 15 is 0 Å². The second-order valence-corrected chi connectivity index (χ2v) is 1.22. The Bertz CT molecular complexity index is 70.5. The van der Waals surface area contributed by atoms with E-state index in [9.17, 15) is 4.79 Å². The Hall–Kier alpha value is -0.330. The van der Waals surface area contributed by atoms with Crippen LogP contribution in [0.25, 0.3) is 0 Å². The fourth-order valence-corrected chi connectivity index (χ4v) is 0.287. The maximum Gasteiger partial charge on any atom is 0.129 e.